The van der Waals surface area contributed by atoms with E-state index in [1.165, 1.54) is 0 Å². The molecular weight excluding hydrogens is 458 g/mol. The largest absolute Gasteiger partial charge is 0.281 e. The Morgan fingerprint density at radius 2 is 1.96 bits per heavy atom. The van der Waals surface area contributed by atoms with Crippen LogP contribution in [0, 0.1) is 0 Å². The molecule has 0 aromatic carbocycles. The fraction of sp³-hybridized carbons (Fsp3) is 0.471. The number of hydrogen-bond acceptors (Lipinski definition) is 5. The number of aliphatic imine (C=N–C) groups is 1. The fourth-order valence-electron chi connectivity index (χ4n) is 2.44. The molecule has 138 valence electrons. The predicted molar refractivity (Wildman–Crippen MR) is 124 cm³/mol. The van der Waals surface area contributed by atoms with Gasteiger partial charge in [0.15, 0.2) is 5.16 Å². The molecule has 0 fully saturated rings. The van der Waals surface area contributed by atoms with Crippen molar-refractivity contribution in [1.29, 1.82) is 0 Å². The van der Waals surface area contributed by atoms with E-state index in [1.54, 1.807) is 0 Å². The number of hydrogen-bond donors (Lipinski definition) is 2. The number of nitrogens with zero attached hydrogens (tertiary/aromatic N) is 3. The second-order valence-corrected chi connectivity index (χ2v) is 13.9. The smallest absolute Gasteiger partial charge is 0.189 e. The van der Waals surface area contributed by atoms with E-state index in [4.69, 9.17) is 21.6 Å². The molecule has 1 heterocycles. The van der Waals surface area contributed by atoms with Gasteiger partial charge in [-0.1, -0.05) is 39.6 Å². The van der Waals surface area contributed by atoms with E-state index in [9.17, 15) is 0 Å². The van der Waals surface area contributed by atoms with E-state index >= 15 is 0 Å². The second kappa shape index (κ2) is 8.38. The molecule has 0 aliphatic heterocycles. The first kappa shape index (κ1) is 21.4. The molecule has 0 saturated carbocycles. The van der Waals surface area contributed by atoms with Gasteiger partial charge in [-0.15, -0.1) is 23.3 Å². The third kappa shape index (κ3) is 4.15. The Kier molecular flexibility index (Phi) is 7.16. The molecule has 0 amide bonds. The number of fused-ring (bicyclic) bond motifs is 1. The van der Waals surface area contributed by atoms with Crippen LogP contribution in [0.4, 0.5) is 0 Å². The molecule has 0 spiro atoms. The summed E-state index contributed by atoms with van der Waals surface area (Å²) in [5.41, 5.74) is 4.53. The van der Waals surface area contributed by atoms with Crippen molar-refractivity contribution < 1.29 is 0 Å². The fourth-order valence-corrected chi connectivity index (χ4v) is 4.48. The summed E-state index contributed by atoms with van der Waals surface area (Å²) in [6.07, 6.45) is 2.99. The van der Waals surface area contributed by atoms with E-state index in [0.717, 1.165) is 44.8 Å². The molecule has 2 rings (SSSR count). The zero-order valence-electron chi connectivity index (χ0n) is 15.0. The zero-order chi connectivity index (χ0) is 18.9. The van der Waals surface area contributed by atoms with E-state index in [2.05, 4.69) is 58.1 Å². The first-order chi connectivity index (χ1) is 11.7. The van der Waals surface area contributed by atoms with Crippen LogP contribution >= 0.6 is 58.9 Å². The molecule has 25 heavy (non-hydrogen) atoms. The van der Waals surface area contributed by atoms with Crippen LogP contribution in [-0.4, -0.2) is 27.5 Å². The van der Waals surface area contributed by atoms with Crippen molar-refractivity contribution in [1.82, 2.24) is 9.97 Å². The maximum atomic E-state index is 6.59. The van der Waals surface area contributed by atoms with Crippen LogP contribution in [-0.2, 0) is 0 Å². The number of halogens is 2. The van der Waals surface area contributed by atoms with Gasteiger partial charge < -0.3 is 0 Å². The molecule has 1 aliphatic rings. The first-order valence-electron chi connectivity index (χ1n) is 8.13. The van der Waals surface area contributed by atoms with E-state index in [-0.39, 0.29) is 6.04 Å². The highest BCUT2D eigenvalue weighted by Gasteiger charge is 2.31. The first-order valence-corrected chi connectivity index (χ1v) is 13.2. The number of aromatic nitrogens is 2. The van der Waals surface area contributed by atoms with Gasteiger partial charge in [0.25, 0.3) is 0 Å². The topological polar surface area (TPSA) is 38.1 Å². The normalized spacial score (nSPS) is 20.2. The van der Waals surface area contributed by atoms with Gasteiger partial charge in [0.1, 0.15) is 5.15 Å². The van der Waals surface area contributed by atoms with Gasteiger partial charge in [-0.05, 0) is 54.4 Å². The summed E-state index contributed by atoms with van der Waals surface area (Å²) in [7, 11) is -1.66. The molecule has 8 heteroatoms. The number of allylic oxidation sites excluding steroid dienone is 4. The highest BCUT2D eigenvalue weighted by Crippen LogP contribution is 2.62. The Balaban J connectivity index is 2.78. The maximum Gasteiger partial charge on any atom is 0.189 e. The van der Waals surface area contributed by atoms with Gasteiger partial charge >= 0.3 is 0 Å². The highest BCUT2D eigenvalue weighted by molar-refractivity contribution is 9.17. The summed E-state index contributed by atoms with van der Waals surface area (Å²) in [4.78, 5) is 14.2. The average Bonchev–Trinajstić information content (AvgIpc) is 2.59. The Labute approximate surface area is 174 Å². The Morgan fingerprint density at radius 3 is 2.48 bits per heavy atom. The lowest BCUT2D eigenvalue weighted by Crippen LogP contribution is -2.17. The Morgan fingerprint density at radius 1 is 1.32 bits per heavy atom. The maximum absolute atomic E-state index is 6.59. The lowest BCUT2D eigenvalue weighted by molar-refractivity contribution is 0.718. The molecule has 0 radical (unpaired) electrons. The van der Waals surface area contributed by atoms with Gasteiger partial charge in [0, 0.05) is 21.7 Å². The molecule has 1 unspecified atom stereocenters. The van der Waals surface area contributed by atoms with Crippen LogP contribution in [0.2, 0.25) is 5.15 Å². The molecule has 1 aromatic rings. The van der Waals surface area contributed by atoms with Gasteiger partial charge in [0.2, 0.25) is 0 Å². The third-order valence-electron chi connectivity index (χ3n) is 4.19. The van der Waals surface area contributed by atoms with Gasteiger partial charge in [-0.3, -0.25) is 4.99 Å². The quantitative estimate of drug-likeness (QED) is 0.215. The highest BCUT2D eigenvalue weighted by atomic mass is 79.9. The lowest BCUT2D eigenvalue weighted by Gasteiger charge is -2.28. The van der Waals surface area contributed by atoms with Crippen LogP contribution < -0.4 is 0 Å². The summed E-state index contributed by atoms with van der Waals surface area (Å²) < 4.78 is 0.949. The molecule has 1 aliphatic carbocycles. The second-order valence-electron chi connectivity index (χ2n) is 5.85. The minimum atomic E-state index is -1.66. The summed E-state index contributed by atoms with van der Waals surface area (Å²) in [5, 5.41) is 1.03. The third-order valence-corrected chi connectivity index (χ3v) is 9.53. The van der Waals surface area contributed by atoms with E-state index in [0.29, 0.717) is 10.3 Å². The predicted octanol–water partition coefficient (Wildman–Crippen LogP) is 6.79. The van der Waals surface area contributed by atoms with Crippen LogP contribution in [0.3, 0.4) is 0 Å². The lowest BCUT2D eigenvalue weighted by atomic mass is 9.90. The van der Waals surface area contributed by atoms with Crippen LogP contribution in [0.25, 0.3) is 11.1 Å². The molecule has 0 N–H and O–H groups in total. The van der Waals surface area contributed by atoms with E-state index in [1.807, 2.05) is 26.8 Å². The SMILES string of the molecule is C/C=C1\C(=NC(C)CC)C(Br)=C(C)c2nc(S(S)(S)CC)nc(Cl)c21. The van der Waals surface area contributed by atoms with Crippen molar-refractivity contribution in [3.8, 4) is 0 Å². The van der Waals surface area contributed by atoms with Crippen molar-refractivity contribution in [3.05, 3.63) is 27.0 Å². The standard InChI is InChI=1S/C17H23BrClN3S3/c1-6-9(4)20-15-11(7-2)12-14(10(5)13(15)18)21-17(22-16(12)19)25(23,24)8-3/h7,9,23-24H,6,8H2,1-5H3/b11-7-,20-15?. The summed E-state index contributed by atoms with van der Waals surface area (Å²) >= 11 is 19.6. The molecular formula is C17H23BrClN3S3. The van der Waals surface area contributed by atoms with Crippen LogP contribution in [0.5, 0.6) is 0 Å². The van der Waals surface area contributed by atoms with Crippen molar-refractivity contribution in [3.63, 3.8) is 0 Å². The Hall–Kier alpha value is 0.0500. The van der Waals surface area contributed by atoms with E-state index < -0.39 is 8.09 Å². The molecule has 1 aromatic heterocycles. The van der Waals surface area contributed by atoms with Gasteiger partial charge in [-0.2, -0.15) is 0 Å². The van der Waals surface area contributed by atoms with Crippen molar-refractivity contribution in [2.75, 3.05) is 5.75 Å². The average molecular weight is 481 g/mol. The minimum absolute atomic E-state index is 0.220. The van der Waals surface area contributed by atoms with Crippen LogP contribution in [0.15, 0.2) is 20.7 Å². The summed E-state index contributed by atoms with van der Waals surface area (Å²) in [6.45, 7) is 10.3. The van der Waals surface area contributed by atoms with Crippen molar-refractivity contribution >= 4 is 75.8 Å². The molecule has 1 atom stereocenters. The molecule has 3 nitrogen and oxygen atoms in total. The van der Waals surface area contributed by atoms with Crippen molar-refractivity contribution in [2.45, 2.75) is 52.2 Å². The Bertz CT molecular complexity index is 788. The molecule has 0 bridgehead atoms. The number of thiol groups is 2. The summed E-state index contributed by atoms with van der Waals surface area (Å²) in [5.74, 6) is 0.759. The van der Waals surface area contributed by atoms with Crippen molar-refractivity contribution in [2.24, 2.45) is 4.99 Å². The summed E-state index contributed by atoms with van der Waals surface area (Å²) in [6, 6.07) is 0.220. The zero-order valence-corrected chi connectivity index (χ0v) is 19.9. The number of rotatable bonds is 4. The van der Waals surface area contributed by atoms with Gasteiger partial charge in [-0.25, -0.2) is 9.97 Å². The van der Waals surface area contributed by atoms with Crippen LogP contribution in [0.1, 0.15) is 52.3 Å². The van der Waals surface area contributed by atoms with Gasteiger partial charge in [0.05, 0.1) is 11.4 Å². The molecule has 0 saturated heterocycles. The monoisotopic (exact) mass is 479 g/mol. The minimum Gasteiger partial charge on any atom is -0.281 e.